The van der Waals surface area contributed by atoms with E-state index in [4.69, 9.17) is 0 Å². The molecule has 2 aromatic rings. The molecule has 2 atom stereocenters. The molecule has 30 heavy (non-hydrogen) atoms. The molecule has 1 aliphatic carbocycles. The summed E-state index contributed by atoms with van der Waals surface area (Å²) in [6.07, 6.45) is 6.46. The molecular weight excluding hydrogens is 521 g/mol. The van der Waals surface area contributed by atoms with Crippen molar-refractivity contribution in [3.8, 4) is 0 Å². The number of aromatic nitrogens is 3. The highest BCUT2D eigenvalue weighted by atomic mass is 127. The van der Waals surface area contributed by atoms with E-state index in [-0.39, 0.29) is 17.6 Å². The Balaban J connectivity index is 1.65. The Bertz CT molecular complexity index is 1130. The third-order valence-electron chi connectivity index (χ3n) is 6.18. The smallest absolute Gasteiger partial charge is 0.266 e. The molecule has 1 saturated carbocycles. The molecular formula is C19H26IN5O4S. The summed E-state index contributed by atoms with van der Waals surface area (Å²) in [7, 11) is -3.17. The van der Waals surface area contributed by atoms with Gasteiger partial charge in [-0.1, -0.05) is 0 Å². The average Bonchev–Trinajstić information content (AvgIpc) is 3.02. The van der Waals surface area contributed by atoms with E-state index in [0.717, 1.165) is 18.2 Å². The molecule has 11 heteroatoms. The van der Waals surface area contributed by atoms with Crippen LogP contribution in [-0.2, 0) is 10.0 Å². The minimum Gasteiger partial charge on any atom is -0.388 e. The van der Waals surface area contributed by atoms with Crippen molar-refractivity contribution >= 4 is 49.6 Å². The van der Waals surface area contributed by atoms with Crippen molar-refractivity contribution in [3.05, 3.63) is 26.2 Å². The Labute approximate surface area is 189 Å². The van der Waals surface area contributed by atoms with E-state index in [9.17, 15) is 18.3 Å². The van der Waals surface area contributed by atoms with E-state index >= 15 is 0 Å². The van der Waals surface area contributed by atoms with E-state index in [2.05, 4.69) is 15.3 Å². The molecule has 2 fully saturated rings. The monoisotopic (exact) mass is 547 g/mol. The molecule has 2 aliphatic rings. The molecule has 9 nitrogen and oxygen atoms in total. The zero-order chi connectivity index (χ0) is 21.7. The summed E-state index contributed by atoms with van der Waals surface area (Å²) in [5.41, 5.74) is -0.599. The van der Waals surface area contributed by atoms with Crippen LogP contribution in [0.4, 0.5) is 5.95 Å². The number of piperidine rings is 1. The van der Waals surface area contributed by atoms with Crippen molar-refractivity contribution in [2.45, 2.75) is 56.7 Å². The van der Waals surface area contributed by atoms with Gasteiger partial charge >= 0.3 is 0 Å². The van der Waals surface area contributed by atoms with Gasteiger partial charge in [0, 0.05) is 30.7 Å². The number of sulfonamides is 1. The highest BCUT2D eigenvalue weighted by molar-refractivity contribution is 14.1. The molecule has 0 radical (unpaired) electrons. The summed E-state index contributed by atoms with van der Waals surface area (Å²) in [4.78, 5) is 22.0. The van der Waals surface area contributed by atoms with Crippen LogP contribution in [0.15, 0.2) is 17.1 Å². The molecule has 2 aromatic heterocycles. The molecule has 4 rings (SSSR count). The van der Waals surface area contributed by atoms with Crippen molar-refractivity contribution in [2.24, 2.45) is 0 Å². The lowest BCUT2D eigenvalue weighted by Gasteiger charge is -2.31. The minimum atomic E-state index is -3.17. The number of fused-ring (bicyclic) bond motifs is 1. The van der Waals surface area contributed by atoms with Crippen LogP contribution in [-0.4, -0.2) is 63.4 Å². The minimum absolute atomic E-state index is 0.0547. The average molecular weight is 547 g/mol. The van der Waals surface area contributed by atoms with E-state index in [1.54, 1.807) is 23.8 Å². The highest BCUT2D eigenvalue weighted by Gasteiger charge is 2.39. The number of pyridine rings is 1. The number of nitrogens with one attached hydrogen (secondary N) is 1. The van der Waals surface area contributed by atoms with Gasteiger partial charge in [0.25, 0.3) is 5.56 Å². The second kappa shape index (κ2) is 7.99. The largest absolute Gasteiger partial charge is 0.388 e. The molecule has 0 aromatic carbocycles. The predicted octanol–water partition coefficient (Wildman–Crippen LogP) is 1.71. The molecule has 0 amide bonds. The van der Waals surface area contributed by atoms with Crippen molar-refractivity contribution in [3.63, 3.8) is 0 Å². The lowest BCUT2D eigenvalue weighted by molar-refractivity contribution is 0.0266. The number of anilines is 1. The fourth-order valence-electron chi connectivity index (χ4n) is 4.50. The number of hydrogen-bond acceptors (Lipinski definition) is 7. The second-order valence-corrected chi connectivity index (χ2v) is 11.6. The summed E-state index contributed by atoms with van der Waals surface area (Å²) in [6, 6.07) is 1.49. The standard InChI is InChI=1S/C19H26IN5O4S/c1-19(27)7-3-4-15(19)25-16-12(10-14(20)17(25)26)11-21-18(23-16)22-13-5-8-24(9-6-13)30(2,28)29/h10-11,13,15,27H,3-9H2,1-2H3,(H,21,22,23)/t15-,19-/m1/s1. The zero-order valence-electron chi connectivity index (χ0n) is 17.0. The van der Waals surface area contributed by atoms with E-state index in [1.807, 2.05) is 22.6 Å². The topological polar surface area (TPSA) is 117 Å². The van der Waals surface area contributed by atoms with Gasteiger partial charge in [-0.05, 0) is 67.7 Å². The molecule has 164 valence electrons. The highest BCUT2D eigenvalue weighted by Crippen LogP contribution is 2.39. The quantitative estimate of drug-likeness (QED) is 0.560. The first-order valence-electron chi connectivity index (χ1n) is 10.1. The summed E-state index contributed by atoms with van der Waals surface area (Å²) in [5, 5.41) is 14.9. The summed E-state index contributed by atoms with van der Waals surface area (Å²) >= 11 is 2.02. The Hall–Kier alpha value is -1.31. The first-order chi connectivity index (χ1) is 14.1. The third kappa shape index (κ3) is 4.21. The van der Waals surface area contributed by atoms with Crippen LogP contribution in [0, 0.1) is 3.57 Å². The Morgan fingerprint density at radius 1 is 1.30 bits per heavy atom. The molecule has 1 saturated heterocycles. The van der Waals surface area contributed by atoms with E-state index in [0.29, 0.717) is 47.5 Å². The van der Waals surface area contributed by atoms with Crippen LogP contribution in [0.3, 0.4) is 0 Å². The lowest BCUT2D eigenvalue weighted by Crippen LogP contribution is -2.42. The maximum absolute atomic E-state index is 13.0. The third-order valence-corrected chi connectivity index (χ3v) is 8.25. The number of halogens is 1. The van der Waals surface area contributed by atoms with Crippen LogP contribution in [0.5, 0.6) is 0 Å². The van der Waals surface area contributed by atoms with Gasteiger partial charge in [0.1, 0.15) is 5.65 Å². The van der Waals surface area contributed by atoms with Gasteiger partial charge in [-0.15, -0.1) is 0 Å². The Morgan fingerprint density at radius 2 is 2.00 bits per heavy atom. The van der Waals surface area contributed by atoms with Gasteiger partial charge < -0.3 is 10.4 Å². The first-order valence-corrected chi connectivity index (χ1v) is 13.0. The SMILES string of the molecule is C[C@@]1(O)CCC[C@H]1n1c(=O)c(I)cc2cnc(NC3CCN(S(C)(=O)=O)CC3)nc21. The molecule has 2 N–H and O–H groups in total. The van der Waals surface area contributed by atoms with Crippen LogP contribution in [0.25, 0.3) is 11.0 Å². The Kier molecular flexibility index (Phi) is 5.83. The molecule has 3 heterocycles. The summed E-state index contributed by atoms with van der Waals surface area (Å²) < 4.78 is 27.1. The normalized spacial score (nSPS) is 26.3. The van der Waals surface area contributed by atoms with Crippen LogP contribution in [0.2, 0.25) is 0 Å². The number of aliphatic hydroxyl groups is 1. The molecule has 0 spiro atoms. The second-order valence-electron chi connectivity index (χ2n) is 8.49. The molecule has 0 bridgehead atoms. The maximum Gasteiger partial charge on any atom is 0.266 e. The van der Waals surface area contributed by atoms with Gasteiger partial charge in [0.2, 0.25) is 16.0 Å². The number of rotatable bonds is 4. The van der Waals surface area contributed by atoms with Crippen molar-refractivity contribution in [1.82, 2.24) is 18.8 Å². The fraction of sp³-hybridized carbons (Fsp3) is 0.632. The first kappa shape index (κ1) is 21.9. The van der Waals surface area contributed by atoms with Gasteiger partial charge in [-0.3, -0.25) is 9.36 Å². The predicted molar refractivity (Wildman–Crippen MR) is 123 cm³/mol. The van der Waals surface area contributed by atoms with Crippen LogP contribution in [0.1, 0.15) is 45.1 Å². The molecule has 1 aliphatic heterocycles. The van der Waals surface area contributed by atoms with Gasteiger partial charge in [-0.2, -0.15) is 4.98 Å². The van der Waals surface area contributed by atoms with Crippen molar-refractivity contribution in [2.75, 3.05) is 24.7 Å². The van der Waals surface area contributed by atoms with Gasteiger partial charge in [-0.25, -0.2) is 17.7 Å². The van der Waals surface area contributed by atoms with Crippen molar-refractivity contribution in [1.29, 1.82) is 0 Å². The van der Waals surface area contributed by atoms with Crippen LogP contribution < -0.4 is 10.9 Å². The van der Waals surface area contributed by atoms with E-state index < -0.39 is 15.6 Å². The van der Waals surface area contributed by atoms with E-state index in [1.165, 1.54) is 10.6 Å². The summed E-state index contributed by atoms with van der Waals surface area (Å²) in [6.45, 7) is 2.69. The number of hydrogen-bond donors (Lipinski definition) is 2. The zero-order valence-corrected chi connectivity index (χ0v) is 20.0. The van der Waals surface area contributed by atoms with Crippen LogP contribution >= 0.6 is 22.6 Å². The van der Waals surface area contributed by atoms with Gasteiger partial charge in [0.15, 0.2) is 0 Å². The van der Waals surface area contributed by atoms with Gasteiger partial charge in [0.05, 0.1) is 21.5 Å². The summed E-state index contributed by atoms with van der Waals surface area (Å²) in [5.74, 6) is 0.410. The fourth-order valence-corrected chi connectivity index (χ4v) is 5.97. The lowest BCUT2D eigenvalue weighted by atomic mass is 10.00. The van der Waals surface area contributed by atoms with Crippen molar-refractivity contribution < 1.29 is 13.5 Å². The number of nitrogens with zero attached hydrogens (tertiary/aromatic N) is 4. The molecule has 0 unspecified atom stereocenters. The maximum atomic E-state index is 13.0. The Morgan fingerprint density at radius 3 is 2.60 bits per heavy atom.